The fourth-order valence-corrected chi connectivity index (χ4v) is 3.02. The fraction of sp³-hybridized carbons (Fsp3) is 0.417. The summed E-state index contributed by atoms with van der Waals surface area (Å²) in [6, 6.07) is 3.80. The van der Waals surface area contributed by atoms with Gasteiger partial charge in [0.15, 0.2) is 0 Å². The second-order valence-electron chi connectivity index (χ2n) is 3.98. The number of halogens is 1. The van der Waals surface area contributed by atoms with E-state index in [2.05, 4.69) is 6.92 Å². The Morgan fingerprint density at radius 3 is 2.60 bits per heavy atom. The van der Waals surface area contributed by atoms with Gasteiger partial charge in [-0.3, -0.25) is 4.79 Å². The number of hydrogen-bond donors (Lipinski definition) is 0. The summed E-state index contributed by atoms with van der Waals surface area (Å²) in [5.74, 6) is 0. The maximum atomic E-state index is 11.2. The highest BCUT2D eigenvalue weighted by atomic mass is 35.5. The molecule has 0 atom stereocenters. The lowest BCUT2D eigenvalue weighted by molar-refractivity contribution is 0.108. The average molecular weight is 241 g/mol. The third-order valence-corrected chi connectivity index (χ3v) is 4.50. The van der Waals surface area contributed by atoms with E-state index in [4.69, 9.17) is 11.6 Å². The van der Waals surface area contributed by atoms with E-state index in [-0.39, 0.29) is 5.24 Å². The van der Waals surface area contributed by atoms with Crippen LogP contribution in [0.1, 0.15) is 34.3 Å². The Morgan fingerprint density at radius 1 is 1.40 bits per heavy atom. The molecule has 0 saturated heterocycles. The summed E-state index contributed by atoms with van der Waals surface area (Å²) in [5.41, 5.74) is 2.92. The van der Waals surface area contributed by atoms with Crippen molar-refractivity contribution >= 4 is 28.6 Å². The molecule has 0 N–H and O–H groups in total. The molecule has 1 saturated carbocycles. The first-order valence-electron chi connectivity index (χ1n) is 5.06. The van der Waals surface area contributed by atoms with Gasteiger partial charge in [0.2, 0.25) is 0 Å². The first kappa shape index (κ1) is 11.0. The zero-order valence-corrected chi connectivity index (χ0v) is 10.4. The third-order valence-electron chi connectivity index (χ3n) is 2.62. The summed E-state index contributed by atoms with van der Waals surface area (Å²) < 4.78 is 0. The van der Waals surface area contributed by atoms with Crippen LogP contribution in [-0.2, 0) is 0 Å². The van der Waals surface area contributed by atoms with E-state index in [1.54, 1.807) is 0 Å². The lowest BCUT2D eigenvalue weighted by Crippen LogP contribution is -1.97. The summed E-state index contributed by atoms with van der Waals surface area (Å²) >= 11 is 7.42. The van der Waals surface area contributed by atoms with Crippen LogP contribution in [0, 0.1) is 13.8 Å². The molecule has 0 unspecified atom stereocenters. The number of carbonyl (C=O) groups is 1. The van der Waals surface area contributed by atoms with E-state index in [9.17, 15) is 4.79 Å². The van der Waals surface area contributed by atoms with Crippen LogP contribution in [0.2, 0.25) is 0 Å². The Balaban J connectivity index is 2.40. The van der Waals surface area contributed by atoms with E-state index in [1.807, 2.05) is 30.8 Å². The molecule has 1 fully saturated rings. The van der Waals surface area contributed by atoms with Crippen LogP contribution in [0.5, 0.6) is 0 Å². The van der Waals surface area contributed by atoms with Gasteiger partial charge in [-0.2, -0.15) is 0 Å². The quantitative estimate of drug-likeness (QED) is 0.745. The molecule has 0 spiro atoms. The second kappa shape index (κ2) is 4.18. The highest BCUT2D eigenvalue weighted by Crippen LogP contribution is 2.42. The van der Waals surface area contributed by atoms with Crippen LogP contribution in [-0.4, -0.2) is 10.5 Å². The number of thioether (sulfide) groups is 1. The van der Waals surface area contributed by atoms with Crippen molar-refractivity contribution in [3.05, 3.63) is 28.8 Å². The molecule has 15 heavy (non-hydrogen) atoms. The van der Waals surface area contributed by atoms with Crippen molar-refractivity contribution in [1.29, 1.82) is 0 Å². The highest BCUT2D eigenvalue weighted by Gasteiger charge is 2.25. The van der Waals surface area contributed by atoms with Crippen molar-refractivity contribution in [2.75, 3.05) is 0 Å². The van der Waals surface area contributed by atoms with Crippen molar-refractivity contribution in [2.45, 2.75) is 36.8 Å². The van der Waals surface area contributed by atoms with Gasteiger partial charge in [0.1, 0.15) is 0 Å². The molecule has 0 radical (unpaired) electrons. The monoisotopic (exact) mass is 240 g/mol. The average Bonchev–Trinajstić information content (AvgIpc) is 2.95. The molecular formula is C12H13ClOS. The smallest absolute Gasteiger partial charge is 0.252 e. The van der Waals surface area contributed by atoms with Crippen LogP contribution in [0.4, 0.5) is 0 Å². The molecule has 1 aliphatic carbocycles. The SMILES string of the molecule is Cc1ccc(C(=O)Cl)c(C)c1SC1CC1. The zero-order valence-electron chi connectivity index (χ0n) is 8.84. The van der Waals surface area contributed by atoms with Crippen LogP contribution >= 0.6 is 23.4 Å². The molecular weight excluding hydrogens is 228 g/mol. The maximum absolute atomic E-state index is 11.2. The number of benzene rings is 1. The maximum Gasteiger partial charge on any atom is 0.252 e. The van der Waals surface area contributed by atoms with Gasteiger partial charge in [-0.1, -0.05) is 6.07 Å². The number of carbonyl (C=O) groups excluding carboxylic acids is 1. The molecule has 2 rings (SSSR count). The van der Waals surface area contributed by atoms with Gasteiger partial charge in [0.05, 0.1) is 0 Å². The number of aryl methyl sites for hydroxylation is 1. The topological polar surface area (TPSA) is 17.1 Å². The molecule has 1 aliphatic rings. The second-order valence-corrected chi connectivity index (χ2v) is 5.63. The lowest BCUT2D eigenvalue weighted by Gasteiger charge is -2.11. The molecule has 0 bridgehead atoms. The third kappa shape index (κ3) is 2.37. The Labute approximate surface area is 99.2 Å². The van der Waals surface area contributed by atoms with E-state index in [1.165, 1.54) is 23.3 Å². The van der Waals surface area contributed by atoms with E-state index in [0.29, 0.717) is 5.56 Å². The summed E-state index contributed by atoms with van der Waals surface area (Å²) in [5, 5.41) is 0.397. The normalized spacial score (nSPS) is 15.4. The minimum atomic E-state index is -0.356. The highest BCUT2D eigenvalue weighted by molar-refractivity contribution is 8.00. The van der Waals surface area contributed by atoms with Gasteiger partial charge >= 0.3 is 0 Å². The molecule has 1 aromatic carbocycles. The predicted molar refractivity (Wildman–Crippen MR) is 65.0 cm³/mol. The standard InChI is InChI=1S/C12H13ClOS/c1-7-3-6-10(12(13)14)8(2)11(7)15-9-4-5-9/h3,6,9H,4-5H2,1-2H3. The van der Waals surface area contributed by atoms with Crippen molar-refractivity contribution < 1.29 is 4.79 Å². The minimum Gasteiger partial charge on any atom is -0.276 e. The van der Waals surface area contributed by atoms with Gasteiger partial charge in [-0.25, -0.2) is 0 Å². The number of rotatable bonds is 3. The Kier molecular flexibility index (Phi) is 3.08. The van der Waals surface area contributed by atoms with Crippen LogP contribution in [0.15, 0.2) is 17.0 Å². The van der Waals surface area contributed by atoms with Crippen molar-refractivity contribution in [1.82, 2.24) is 0 Å². The lowest BCUT2D eigenvalue weighted by atomic mass is 10.1. The molecule has 3 heteroatoms. The summed E-state index contributed by atoms with van der Waals surface area (Å²) in [7, 11) is 0. The predicted octanol–water partition coefficient (Wildman–Crippen LogP) is 3.94. The molecule has 0 aliphatic heterocycles. The fourth-order valence-electron chi connectivity index (χ4n) is 1.57. The molecule has 1 aromatic rings. The summed E-state index contributed by atoms with van der Waals surface area (Å²) in [4.78, 5) is 12.4. The molecule has 0 heterocycles. The zero-order chi connectivity index (χ0) is 11.0. The van der Waals surface area contributed by atoms with Crippen LogP contribution in [0.25, 0.3) is 0 Å². The van der Waals surface area contributed by atoms with E-state index in [0.717, 1.165) is 10.8 Å². The Morgan fingerprint density at radius 2 is 2.07 bits per heavy atom. The molecule has 80 valence electrons. The van der Waals surface area contributed by atoms with Crippen LogP contribution in [0.3, 0.4) is 0 Å². The first-order chi connectivity index (χ1) is 7.09. The van der Waals surface area contributed by atoms with Crippen molar-refractivity contribution in [3.8, 4) is 0 Å². The van der Waals surface area contributed by atoms with Gasteiger partial charge in [-0.15, -0.1) is 11.8 Å². The van der Waals surface area contributed by atoms with Gasteiger partial charge in [0.25, 0.3) is 5.24 Å². The Bertz CT molecular complexity index is 410. The minimum absolute atomic E-state index is 0.356. The van der Waals surface area contributed by atoms with E-state index < -0.39 is 0 Å². The number of hydrogen-bond acceptors (Lipinski definition) is 2. The van der Waals surface area contributed by atoms with Crippen LogP contribution < -0.4 is 0 Å². The summed E-state index contributed by atoms with van der Waals surface area (Å²) in [6.07, 6.45) is 2.59. The summed E-state index contributed by atoms with van der Waals surface area (Å²) in [6.45, 7) is 4.06. The van der Waals surface area contributed by atoms with E-state index >= 15 is 0 Å². The molecule has 0 amide bonds. The largest absolute Gasteiger partial charge is 0.276 e. The Hall–Kier alpha value is -0.470. The van der Waals surface area contributed by atoms with Gasteiger partial charge < -0.3 is 0 Å². The van der Waals surface area contributed by atoms with Gasteiger partial charge in [0, 0.05) is 15.7 Å². The van der Waals surface area contributed by atoms with Gasteiger partial charge in [-0.05, 0) is 55.5 Å². The van der Waals surface area contributed by atoms with Crippen molar-refractivity contribution in [3.63, 3.8) is 0 Å². The van der Waals surface area contributed by atoms with Crippen molar-refractivity contribution in [2.24, 2.45) is 0 Å². The molecule has 0 aromatic heterocycles. The molecule has 1 nitrogen and oxygen atoms in total. The first-order valence-corrected chi connectivity index (χ1v) is 6.32.